The Morgan fingerprint density at radius 2 is 2.07 bits per heavy atom. The Labute approximate surface area is 170 Å². The van der Waals surface area contributed by atoms with Crippen LogP contribution in [-0.4, -0.2) is 66.0 Å². The monoisotopic (exact) mass is 412 g/mol. The quantitative estimate of drug-likeness (QED) is 0.276. The maximum atomic E-state index is 12.1. The van der Waals surface area contributed by atoms with E-state index in [1.165, 1.54) is 17.1 Å². The average Bonchev–Trinajstić information content (AvgIpc) is 3.26. The van der Waals surface area contributed by atoms with Gasteiger partial charge in [0, 0.05) is 6.21 Å². The number of aliphatic hydroxyl groups excluding tert-OH is 3. The third-order valence-corrected chi connectivity index (χ3v) is 4.67. The minimum Gasteiger partial charge on any atom is -0.394 e. The van der Waals surface area contributed by atoms with Gasteiger partial charge in [-0.2, -0.15) is 5.10 Å². The number of allylic oxidation sites excluding steroid dienone is 1. The van der Waals surface area contributed by atoms with Gasteiger partial charge in [-0.25, -0.2) is 15.4 Å². The third-order valence-electron chi connectivity index (χ3n) is 4.67. The molecule has 1 saturated heterocycles. The number of nitrogens with one attached hydrogen (secondary N) is 2. The van der Waals surface area contributed by atoms with Gasteiger partial charge < -0.3 is 25.0 Å². The number of fused-ring (bicyclic) bond motifs is 1. The minimum absolute atomic E-state index is 0.00719. The topological polar surface area (TPSA) is 158 Å². The molecular weight excluding hydrogens is 392 g/mol. The predicted molar refractivity (Wildman–Crippen MR) is 109 cm³/mol. The smallest absolute Gasteiger partial charge is 0.278 e. The van der Waals surface area contributed by atoms with Gasteiger partial charge in [-0.1, -0.05) is 36.4 Å². The van der Waals surface area contributed by atoms with Gasteiger partial charge in [0.15, 0.2) is 17.4 Å². The van der Waals surface area contributed by atoms with Crippen molar-refractivity contribution < 1.29 is 20.1 Å². The molecule has 11 heteroatoms. The number of H-pyrrole nitrogens is 1. The third kappa shape index (κ3) is 3.74. The molecule has 4 unspecified atom stereocenters. The molecule has 4 rings (SSSR count). The Morgan fingerprint density at radius 3 is 2.80 bits per heavy atom. The number of hydrogen-bond acceptors (Lipinski definition) is 9. The first-order chi connectivity index (χ1) is 14.6. The summed E-state index contributed by atoms with van der Waals surface area (Å²) in [5.74, 6) is 0.0772. The van der Waals surface area contributed by atoms with Crippen LogP contribution in [0, 0.1) is 0 Å². The largest absolute Gasteiger partial charge is 0.394 e. The number of aromatic nitrogens is 4. The fraction of sp³-hybridized carbons (Fsp3) is 0.263. The number of imidazole rings is 1. The van der Waals surface area contributed by atoms with Crippen LogP contribution in [0.15, 0.2) is 52.6 Å². The van der Waals surface area contributed by atoms with E-state index in [2.05, 4.69) is 25.5 Å². The molecule has 1 fully saturated rings. The molecule has 0 radical (unpaired) electrons. The second kappa shape index (κ2) is 8.55. The molecule has 1 aliphatic heterocycles. The van der Waals surface area contributed by atoms with E-state index in [0.717, 1.165) is 5.56 Å². The van der Waals surface area contributed by atoms with Gasteiger partial charge >= 0.3 is 0 Å². The molecule has 3 aromatic rings. The van der Waals surface area contributed by atoms with Crippen LogP contribution >= 0.6 is 0 Å². The molecule has 0 amide bonds. The lowest BCUT2D eigenvalue weighted by molar-refractivity contribution is -0.0501. The molecule has 0 aliphatic carbocycles. The highest BCUT2D eigenvalue weighted by molar-refractivity contribution is 5.79. The van der Waals surface area contributed by atoms with Crippen LogP contribution in [0.25, 0.3) is 17.2 Å². The number of aromatic amines is 1. The minimum atomic E-state index is -1.37. The van der Waals surface area contributed by atoms with Gasteiger partial charge in [0.25, 0.3) is 5.56 Å². The van der Waals surface area contributed by atoms with Crippen LogP contribution in [0.1, 0.15) is 11.8 Å². The zero-order chi connectivity index (χ0) is 21.1. The Kier molecular flexibility index (Phi) is 5.68. The number of hydrogen-bond donors (Lipinski definition) is 5. The molecule has 0 bridgehead atoms. The van der Waals surface area contributed by atoms with Crippen LogP contribution in [-0.2, 0) is 4.74 Å². The molecule has 1 aliphatic rings. The molecule has 11 nitrogen and oxygen atoms in total. The lowest BCUT2D eigenvalue weighted by atomic mass is 10.1. The van der Waals surface area contributed by atoms with Crippen molar-refractivity contribution in [2.24, 2.45) is 5.10 Å². The lowest BCUT2D eigenvalue weighted by Crippen LogP contribution is -2.33. The Bertz CT molecular complexity index is 1130. The zero-order valence-corrected chi connectivity index (χ0v) is 15.7. The maximum absolute atomic E-state index is 12.1. The SMILES string of the molecule is O=c1[nH]cnc2c1nc(NN=CC=Cc1ccccc1)n2C1OC(CO)C(O)C1O. The van der Waals surface area contributed by atoms with Crippen molar-refractivity contribution in [1.82, 2.24) is 19.5 Å². The number of hydrazone groups is 1. The van der Waals surface area contributed by atoms with Crippen LogP contribution in [0.3, 0.4) is 0 Å². The number of nitrogens with zero attached hydrogens (tertiary/aromatic N) is 4. The Morgan fingerprint density at radius 1 is 1.27 bits per heavy atom. The van der Waals surface area contributed by atoms with E-state index < -0.39 is 36.7 Å². The fourth-order valence-electron chi connectivity index (χ4n) is 3.19. The van der Waals surface area contributed by atoms with Gasteiger partial charge in [0.05, 0.1) is 12.9 Å². The van der Waals surface area contributed by atoms with Gasteiger partial charge in [-0.05, 0) is 11.6 Å². The summed E-state index contributed by atoms with van der Waals surface area (Å²) in [6.07, 6.45) is 1.45. The summed E-state index contributed by atoms with van der Waals surface area (Å²) in [5, 5.41) is 33.9. The molecular formula is C19H20N6O5. The van der Waals surface area contributed by atoms with Gasteiger partial charge in [0.1, 0.15) is 18.3 Å². The Hall–Kier alpha value is -3.38. The molecule has 3 heterocycles. The molecule has 1 aromatic carbocycles. The summed E-state index contributed by atoms with van der Waals surface area (Å²) >= 11 is 0. The first-order valence-electron chi connectivity index (χ1n) is 9.19. The summed E-state index contributed by atoms with van der Waals surface area (Å²) in [6, 6.07) is 9.64. The van der Waals surface area contributed by atoms with Crippen molar-refractivity contribution >= 4 is 29.4 Å². The first-order valence-corrected chi connectivity index (χ1v) is 9.19. The fourth-order valence-corrected chi connectivity index (χ4v) is 3.19. The number of rotatable bonds is 6. The Balaban J connectivity index is 1.64. The number of aliphatic hydroxyl groups is 3. The maximum Gasteiger partial charge on any atom is 0.278 e. The summed E-state index contributed by atoms with van der Waals surface area (Å²) < 4.78 is 6.89. The van der Waals surface area contributed by atoms with Crippen LogP contribution in [0.4, 0.5) is 5.95 Å². The van der Waals surface area contributed by atoms with Crippen molar-refractivity contribution in [3.05, 3.63) is 58.7 Å². The van der Waals surface area contributed by atoms with Crippen molar-refractivity contribution in [2.45, 2.75) is 24.5 Å². The van der Waals surface area contributed by atoms with Crippen molar-refractivity contribution in [2.75, 3.05) is 12.0 Å². The standard InChI is InChI=1S/C19H20N6O5/c26-9-12-14(27)15(28)18(30-12)25-16-13(17(29)21-10-20-16)23-19(25)24-22-8-4-7-11-5-2-1-3-6-11/h1-8,10,12,14-15,18,26-28H,9H2,(H,23,24)(H,20,21,29). The highest BCUT2D eigenvalue weighted by atomic mass is 16.6. The average molecular weight is 412 g/mol. The molecule has 0 spiro atoms. The second-order valence-electron chi connectivity index (χ2n) is 6.60. The number of anilines is 1. The van der Waals surface area contributed by atoms with E-state index in [1.54, 1.807) is 6.08 Å². The summed E-state index contributed by atoms with van der Waals surface area (Å²) in [5.41, 5.74) is 3.36. The number of ether oxygens (including phenoxy) is 1. The van der Waals surface area contributed by atoms with E-state index in [9.17, 15) is 20.1 Å². The van der Waals surface area contributed by atoms with Crippen LogP contribution in [0.5, 0.6) is 0 Å². The summed E-state index contributed by atoms with van der Waals surface area (Å²) in [6.45, 7) is -0.486. The molecule has 0 saturated carbocycles. The highest BCUT2D eigenvalue weighted by Crippen LogP contribution is 2.33. The van der Waals surface area contributed by atoms with Gasteiger partial charge in [0.2, 0.25) is 5.95 Å². The van der Waals surface area contributed by atoms with Crippen LogP contribution in [0.2, 0.25) is 0 Å². The van der Waals surface area contributed by atoms with Gasteiger partial charge in [-0.15, -0.1) is 0 Å². The molecule has 2 aromatic heterocycles. The zero-order valence-electron chi connectivity index (χ0n) is 15.7. The molecule has 4 atom stereocenters. The predicted octanol–water partition coefficient (Wildman–Crippen LogP) is -0.158. The summed E-state index contributed by atoms with van der Waals surface area (Å²) in [7, 11) is 0. The van der Waals surface area contributed by atoms with Crippen molar-refractivity contribution in [3.8, 4) is 0 Å². The van der Waals surface area contributed by atoms with E-state index in [0.29, 0.717) is 0 Å². The first kappa shape index (κ1) is 19.9. The number of benzene rings is 1. The van der Waals surface area contributed by atoms with E-state index >= 15 is 0 Å². The molecule has 30 heavy (non-hydrogen) atoms. The van der Waals surface area contributed by atoms with Gasteiger partial charge in [-0.3, -0.25) is 9.36 Å². The summed E-state index contributed by atoms with van der Waals surface area (Å²) in [4.78, 5) is 22.8. The normalized spacial score (nSPS) is 24.4. The van der Waals surface area contributed by atoms with Crippen LogP contribution < -0.4 is 11.0 Å². The highest BCUT2D eigenvalue weighted by Gasteiger charge is 2.45. The van der Waals surface area contributed by atoms with Crippen molar-refractivity contribution in [1.29, 1.82) is 0 Å². The van der Waals surface area contributed by atoms with Crippen molar-refractivity contribution in [3.63, 3.8) is 0 Å². The van der Waals surface area contributed by atoms with E-state index in [1.807, 2.05) is 36.4 Å². The molecule has 5 N–H and O–H groups in total. The lowest BCUT2D eigenvalue weighted by Gasteiger charge is -2.18. The van der Waals surface area contributed by atoms with E-state index in [-0.39, 0.29) is 17.1 Å². The van der Waals surface area contributed by atoms with E-state index in [4.69, 9.17) is 4.74 Å². The second-order valence-corrected chi connectivity index (χ2v) is 6.60. The molecule has 156 valence electrons.